The van der Waals surface area contributed by atoms with Crippen molar-refractivity contribution in [2.24, 2.45) is 10.8 Å². The lowest BCUT2D eigenvalue weighted by atomic mass is 9.44. The van der Waals surface area contributed by atoms with Crippen LogP contribution in [0.5, 0.6) is 11.5 Å². The largest absolute Gasteiger partial charge is 0.483 e. The highest BCUT2D eigenvalue weighted by molar-refractivity contribution is 6.24. The molecule has 5 aliphatic heterocycles. The van der Waals surface area contributed by atoms with Crippen LogP contribution in [-0.2, 0) is 41.3 Å². The molecule has 0 radical (unpaired) electrons. The van der Waals surface area contributed by atoms with Crippen LogP contribution in [0.15, 0.2) is 60.7 Å². The van der Waals surface area contributed by atoms with Crippen molar-refractivity contribution in [3.63, 3.8) is 0 Å². The number of benzene rings is 4. The van der Waals surface area contributed by atoms with Crippen molar-refractivity contribution >= 4 is 45.1 Å². The number of carbonyl (C=O) groups excluding carboxylic acids is 2. The molecule has 4 aliphatic carbocycles. The van der Waals surface area contributed by atoms with Crippen molar-refractivity contribution in [1.82, 2.24) is 19.8 Å². The number of piperidine rings is 2. The maximum Gasteiger partial charge on any atom is 0.338 e. The van der Waals surface area contributed by atoms with Crippen LogP contribution in [0.3, 0.4) is 0 Å². The topological polar surface area (TPSA) is 152 Å². The molecule has 2 aromatic heterocycles. The molecule has 2 fully saturated rings. The number of nitrogens with zero attached hydrogens (tertiary/aromatic N) is 4. The molecule has 4 aromatic carbocycles. The Bertz CT molecular complexity index is 3300. The minimum atomic E-state index is -0.392. The molecule has 7 heterocycles. The maximum atomic E-state index is 12.8. The zero-order valence-corrected chi connectivity index (χ0v) is 44.1. The first-order valence-electron chi connectivity index (χ1n) is 26.3. The highest BCUT2D eigenvalue weighted by Gasteiger charge is 2.72. The fourth-order valence-electron chi connectivity index (χ4n) is 16.0. The van der Waals surface area contributed by atoms with Crippen molar-refractivity contribution < 1.29 is 28.9 Å². The van der Waals surface area contributed by atoms with Crippen molar-refractivity contribution in [2.75, 3.05) is 52.5 Å². The number of fused-ring (bicyclic) bond motifs is 6. The Morgan fingerprint density at radius 1 is 0.736 bits per heavy atom. The number of likely N-dealkylation sites (N-methyl/N-ethyl adjacent to an activating group) is 2. The van der Waals surface area contributed by atoms with E-state index >= 15 is 0 Å². The molecule has 4 N–H and O–H groups in total. The molecular weight excluding hydrogens is 901 g/mol. The third kappa shape index (κ3) is 5.74. The molecule has 0 saturated carbocycles. The number of aryl methyl sites for hydroxylation is 2. The van der Waals surface area contributed by atoms with Gasteiger partial charge in [-0.15, -0.1) is 0 Å². The maximum absolute atomic E-state index is 12.8. The third-order valence-electron chi connectivity index (χ3n) is 19.1. The molecule has 2 saturated heterocycles. The van der Waals surface area contributed by atoms with Crippen LogP contribution in [0.4, 0.5) is 11.4 Å². The minimum Gasteiger partial charge on any atom is -0.483 e. The average molecular weight is 971 g/mol. The fourth-order valence-corrected chi connectivity index (χ4v) is 16.0. The standard InChI is InChI=1S/C28H29N3O3.C27H25N3O2.2C2H6.CH4O/c1-14-8-9-15-12-19-27(2)13-17-22(29)20-16(26(32)33-4)6-5-7-18(20)30-23(17)25-28(27,10-11-31(19)3)21(15)24(14)34-25;1-13-7-8-14-11-18-26(2)12-16-21-19-15(25(31)29-21)5-4-6-17(19)28-22(16)24-27(26,9-10-30(18)3)20(14)23(13)32-24;3*1-2/h5-9,19,25H,10-13H2,1-4H3,(H2,29,30);4-8,18,24H,9-12H2,1-3H3,(H,29,31);2*1-2H3;2H,1H3/t19-,25?,27+,28+;18-,24+,26+,27+;;;/m11.../s1. The number of pyridine rings is 2. The van der Waals surface area contributed by atoms with Gasteiger partial charge >= 0.3 is 5.97 Å². The van der Waals surface area contributed by atoms with Gasteiger partial charge in [0.05, 0.1) is 57.2 Å². The second-order valence-electron chi connectivity index (χ2n) is 21.6. The van der Waals surface area contributed by atoms with Gasteiger partial charge in [0.1, 0.15) is 11.5 Å². The van der Waals surface area contributed by atoms with Gasteiger partial charge in [0.2, 0.25) is 0 Å². The molecule has 1 amide bonds. The third-order valence-corrected chi connectivity index (χ3v) is 19.1. The van der Waals surface area contributed by atoms with Crippen LogP contribution < -0.4 is 20.5 Å². The molecule has 6 aromatic rings. The number of rotatable bonds is 1. The number of carbonyl (C=O) groups is 2. The van der Waals surface area contributed by atoms with E-state index in [0.29, 0.717) is 28.7 Å². The summed E-state index contributed by atoms with van der Waals surface area (Å²) >= 11 is 0. The normalized spacial score (nSPS) is 29.3. The lowest BCUT2D eigenvalue weighted by Crippen LogP contribution is -2.68. The molecule has 8 atom stereocenters. The number of esters is 1. The van der Waals surface area contributed by atoms with Gasteiger partial charge in [-0.05, 0) is 126 Å². The van der Waals surface area contributed by atoms with E-state index in [4.69, 9.17) is 35.0 Å². The summed E-state index contributed by atoms with van der Waals surface area (Å²) < 4.78 is 18.9. The van der Waals surface area contributed by atoms with Crippen LogP contribution >= 0.6 is 0 Å². The number of nitrogen functional groups attached to an aromatic ring is 1. The molecule has 9 aliphatic rings. The number of likely N-dealkylation sites (tertiary alicyclic amines) is 2. The van der Waals surface area contributed by atoms with Crippen LogP contribution in [0.25, 0.3) is 21.8 Å². The number of aromatic nitrogens is 2. The number of hydrogen-bond donors (Lipinski definition) is 3. The highest BCUT2D eigenvalue weighted by Crippen LogP contribution is 2.73. The molecule has 376 valence electrons. The summed E-state index contributed by atoms with van der Waals surface area (Å²) in [6, 6.07) is 21.3. The first-order chi connectivity index (χ1) is 34.8. The van der Waals surface area contributed by atoms with E-state index in [2.05, 4.69) is 81.2 Å². The molecule has 72 heavy (non-hydrogen) atoms. The SMILES string of the molecule is CC.CC.CO.COC(=O)c1cccc2nc3c(c(N)c12)C[C@@]1(C)[C@H]2Cc4ccc(C)c5c4[C@@]1(CCN2C)C3O5.Cc1ccc2c3c1O[C@H]1c4nc5cccc6c5c(c4C[C@@]4(C)[C@@H](C2)N(C)CC[C@]314)NC6=O. The summed E-state index contributed by atoms with van der Waals surface area (Å²) in [5.41, 5.74) is 23.4. The minimum absolute atomic E-state index is 0.0117. The molecular formula is C60H70N6O6. The van der Waals surface area contributed by atoms with Gasteiger partial charge in [-0.1, -0.05) is 77.9 Å². The number of ether oxygens (including phenoxy) is 3. The van der Waals surface area contributed by atoms with Crippen LogP contribution in [0, 0.1) is 24.7 Å². The lowest BCUT2D eigenvalue weighted by Gasteiger charge is -2.64. The molecule has 15 rings (SSSR count). The zero-order chi connectivity index (χ0) is 51.1. The molecule has 12 nitrogen and oxygen atoms in total. The van der Waals surface area contributed by atoms with E-state index in [-0.39, 0.29) is 39.8 Å². The second-order valence-corrected chi connectivity index (χ2v) is 21.6. The Morgan fingerprint density at radius 2 is 1.22 bits per heavy atom. The van der Waals surface area contributed by atoms with E-state index < -0.39 is 5.97 Å². The Hall–Kier alpha value is -6.08. The molecule has 4 bridgehead atoms. The van der Waals surface area contributed by atoms with E-state index in [1.54, 1.807) is 6.07 Å². The Labute approximate surface area is 423 Å². The monoisotopic (exact) mass is 971 g/mol. The van der Waals surface area contributed by atoms with Crippen molar-refractivity contribution in [1.29, 1.82) is 0 Å². The van der Waals surface area contributed by atoms with Gasteiger partial charge in [-0.2, -0.15) is 0 Å². The molecule has 2 spiro atoms. The highest BCUT2D eigenvalue weighted by atomic mass is 16.5. The lowest BCUT2D eigenvalue weighted by molar-refractivity contribution is -0.0908. The molecule has 12 heteroatoms. The predicted octanol–water partition coefficient (Wildman–Crippen LogP) is 10.1. The Balaban J connectivity index is 0.000000141. The van der Waals surface area contributed by atoms with Gasteiger partial charge in [-0.3, -0.25) is 4.79 Å². The predicted molar refractivity (Wildman–Crippen MR) is 284 cm³/mol. The number of amides is 1. The first kappa shape index (κ1) is 48.2. The summed E-state index contributed by atoms with van der Waals surface area (Å²) in [5.74, 6) is 1.73. The number of nitrogens with one attached hydrogen (secondary N) is 1. The van der Waals surface area contributed by atoms with Crippen molar-refractivity contribution in [3.05, 3.63) is 128 Å². The first-order valence-corrected chi connectivity index (χ1v) is 26.3. The van der Waals surface area contributed by atoms with Crippen LogP contribution in [0.2, 0.25) is 0 Å². The smallest absolute Gasteiger partial charge is 0.338 e. The summed E-state index contributed by atoms with van der Waals surface area (Å²) in [7, 11) is 6.93. The summed E-state index contributed by atoms with van der Waals surface area (Å²) in [6.45, 7) is 19.3. The van der Waals surface area contributed by atoms with Gasteiger partial charge in [0.15, 0.2) is 12.2 Å². The Morgan fingerprint density at radius 3 is 1.75 bits per heavy atom. The summed E-state index contributed by atoms with van der Waals surface area (Å²) in [6.07, 6.45) is 5.61. The van der Waals surface area contributed by atoms with Gasteiger partial charge in [0.25, 0.3) is 5.91 Å². The van der Waals surface area contributed by atoms with E-state index in [9.17, 15) is 9.59 Å². The van der Waals surface area contributed by atoms with Gasteiger partial charge < -0.3 is 40.2 Å². The quantitative estimate of drug-likeness (QED) is 0.135. The van der Waals surface area contributed by atoms with Gasteiger partial charge in [0, 0.05) is 68.7 Å². The number of anilines is 2. The Kier molecular flexibility index (Phi) is 11.2. The van der Waals surface area contributed by atoms with Crippen LogP contribution in [0.1, 0.15) is 143 Å². The number of methoxy groups -OCH3 is 1. The number of hydrogen-bond acceptors (Lipinski definition) is 11. The van der Waals surface area contributed by atoms with Crippen molar-refractivity contribution in [2.45, 2.75) is 129 Å². The van der Waals surface area contributed by atoms with E-state index in [1.807, 2.05) is 58.0 Å². The average Bonchev–Trinajstić information content (AvgIpc) is 4.07. The number of aliphatic hydroxyl groups excluding tert-OH is 1. The number of nitrogens with two attached hydrogens (primary N) is 1. The zero-order valence-electron chi connectivity index (χ0n) is 44.1. The van der Waals surface area contributed by atoms with E-state index in [0.717, 1.165) is 115 Å². The second kappa shape index (κ2) is 16.7. The summed E-state index contributed by atoms with van der Waals surface area (Å²) in [4.78, 5) is 40.8. The molecule has 1 unspecified atom stereocenters. The summed E-state index contributed by atoms with van der Waals surface area (Å²) in [5, 5.41) is 11.9. The fraction of sp³-hybridized carbons (Fsp3) is 0.467. The van der Waals surface area contributed by atoms with E-state index in [1.165, 1.54) is 46.1 Å². The van der Waals surface area contributed by atoms with Crippen LogP contribution in [-0.4, -0.2) is 90.2 Å². The van der Waals surface area contributed by atoms with Crippen molar-refractivity contribution in [3.8, 4) is 11.5 Å². The number of aliphatic hydroxyl groups is 1. The van der Waals surface area contributed by atoms with Gasteiger partial charge in [-0.25, -0.2) is 14.8 Å².